The van der Waals surface area contributed by atoms with Crippen LogP contribution < -0.4 is 5.32 Å². The molecule has 25 heavy (non-hydrogen) atoms. The van der Waals surface area contributed by atoms with E-state index in [0.29, 0.717) is 6.61 Å². The molecule has 0 aromatic rings. The molecule has 0 spiro atoms. The largest absolute Gasteiger partial charge is 0.348 e. The third-order valence-electron chi connectivity index (χ3n) is 5.52. The van der Waals surface area contributed by atoms with Gasteiger partial charge in [-0.05, 0) is 40.5 Å². The summed E-state index contributed by atoms with van der Waals surface area (Å²) in [5, 5.41) is 3.18. The summed E-state index contributed by atoms with van der Waals surface area (Å²) in [7, 11) is 0. The van der Waals surface area contributed by atoms with Gasteiger partial charge in [0.05, 0.1) is 12.6 Å². The van der Waals surface area contributed by atoms with Crippen LogP contribution in [0.4, 0.5) is 0 Å². The summed E-state index contributed by atoms with van der Waals surface area (Å²) >= 11 is 0. The van der Waals surface area contributed by atoms with E-state index in [1.165, 1.54) is 0 Å². The van der Waals surface area contributed by atoms with Gasteiger partial charge in [0, 0.05) is 5.92 Å². The predicted octanol–water partition coefficient (Wildman–Crippen LogP) is 1.69. The Balaban J connectivity index is 1.50. The van der Waals surface area contributed by atoms with Gasteiger partial charge < -0.3 is 29.0 Å². The number of ether oxygens (including phenoxy) is 5. The van der Waals surface area contributed by atoms with Gasteiger partial charge in [0.25, 0.3) is 0 Å². The summed E-state index contributed by atoms with van der Waals surface area (Å²) in [5.74, 6) is -1.19. The van der Waals surface area contributed by atoms with Crippen LogP contribution in [0.3, 0.4) is 0 Å². The molecule has 4 rings (SSSR count). The second-order valence-corrected chi connectivity index (χ2v) is 8.45. The fourth-order valence-corrected chi connectivity index (χ4v) is 4.36. The van der Waals surface area contributed by atoms with E-state index in [1.54, 1.807) is 0 Å². The van der Waals surface area contributed by atoms with E-state index < -0.39 is 17.9 Å². The second kappa shape index (κ2) is 6.16. The minimum absolute atomic E-state index is 0.0863. The minimum Gasteiger partial charge on any atom is -0.348 e. The SMILES string of the molecule is CC1(C)O[C@H]2O[C@H]([C@H]3COC(C)(C)O3)[C@@H](NC(=O)C3CCCC3)[C@H]2O1. The van der Waals surface area contributed by atoms with Crippen molar-refractivity contribution in [1.29, 1.82) is 0 Å². The third-order valence-corrected chi connectivity index (χ3v) is 5.52. The highest BCUT2D eigenvalue weighted by Crippen LogP contribution is 2.41. The Morgan fingerprint density at radius 1 is 0.960 bits per heavy atom. The zero-order valence-electron chi connectivity index (χ0n) is 15.4. The lowest BCUT2D eigenvalue weighted by atomic mass is 10.0. The Morgan fingerprint density at radius 2 is 1.68 bits per heavy atom. The molecule has 4 fully saturated rings. The van der Waals surface area contributed by atoms with Crippen molar-refractivity contribution in [3.63, 3.8) is 0 Å². The quantitative estimate of drug-likeness (QED) is 0.830. The lowest BCUT2D eigenvalue weighted by Crippen LogP contribution is -2.53. The van der Waals surface area contributed by atoms with E-state index in [2.05, 4.69) is 5.32 Å². The van der Waals surface area contributed by atoms with Crippen molar-refractivity contribution in [1.82, 2.24) is 5.32 Å². The highest BCUT2D eigenvalue weighted by Gasteiger charge is 2.58. The van der Waals surface area contributed by atoms with Crippen molar-refractivity contribution >= 4 is 5.91 Å². The summed E-state index contributed by atoms with van der Waals surface area (Å²) in [4.78, 5) is 12.7. The fourth-order valence-electron chi connectivity index (χ4n) is 4.36. The van der Waals surface area contributed by atoms with E-state index in [-0.39, 0.29) is 36.2 Å². The molecule has 5 atom stereocenters. The smallest absolute Gasteiger partial charge is 0.223 e. The molecule has 1 saturated carbocycles. The van der Waals surface area contributed by atoms with Gasteiger partial charge >= 0.3 is 0 Å². The average Bonchev–Trinajstić information content (AvgIpc) is 3.24. The molecule has 3 saturated heterocycles. The molecule has 0 aromatic carbocycles. The van der Waals surface area contributed by atoms with Crippen LogP contribution in [0.5, 0.6) is 0 Å². The Bertz CT molecular complexity index is 530. The van der Waals surface area contributed by atoms with E-state index in [1.807, 2.05) is 27.7 Å². The molecule has 0 unspecified atom stereocenters. The molecule has 142 valence electrons. The molecule has 3 heterocycles. The van der Waals surface area contributed by atoms with Gasteiger partial charge in [0.15, 0.2) is 17.9 Å². The van der Waals surface area contributed by atoms with Gasteiger partial charge in [-0.25, -0.2) is 0 Å². The first-order valence-corrected chi connectivity index (χ1v) is 9.37. The van der Waals surface area contributed by atoms with Crippen molar-refractivity contribution in [3.8, 4) is 0 Å². The number of carbonyl (C=O) groups excluding carboxylic acids is 1. The average molecular weight is 355 g/mol. The number of hydrogen-bond acceptors (Lipinski definition) is 6. The number of fused-ring (bicyclic) bond motifs is 1. The van der Waals surface area contributed by atoms with Crippen LogP contribution in [0.1, 0.15) is 53.4 Å². The maximum Gasteiger partial charge on any atom is 0.223 e. The normalized spacial score (nSPS) is 42.6. The van der Waals surface area contributed by atoms with Crippen LogP contribution in [0, 0.1) is 5.92 Å². The molecule has 4 aliphatic rings. The summed E-state index contributed by atoms with van der Waals surface area (Å²) in [5.41, 5.74) is 0. The number of carbonyl (C=O) groups is 1. The standard InChI is InChI=1S/C18H29NO6/c1-17(2)21-9-11(23-17)13-12(19-15(20)10-7-5-6-8-10)14-16(22-13)25-18(3,4)24-14/h10-14,16H,5-9H2,1-4H3,(H,19,20)/t11-,12-,13-,14-,16-/m1/s1. The molecule has 0 aromatic heterocycles. The van der Waals surface area contributed by atoms with Crippen LogP contribution >= 0.6 is 0 Å². The topological polar surface area (TPSA) is 75.3 Å². The second-order valence-electron chi connectivity index (χ2n) is 8.45. The summed E-state index contributed by atoms with van der Waals surface area (Å²) in [6, 6.07) is -0.303. The van der Waals surface area contributed by atoms with E-state index in [0.717, 1.165) is 25.7 Å². The lowest BCUT2D eigenvalue weighted by Gasteiger charge is -2.30. The maximum absolute atomic E-state index is 12.7. The summed E-state index contributed by atoms with van der Waals surface area (Å²) < 4.78 is 29.7. The van der Waals surface area contributed by atoms with Crippen molar-refractivity contribution < 1.29 is 28.5 Å². The Kier molecular flexibility index (Phi) is 4.36. The zero-order chi connectivity index (χ0) is 17.8. The molecule has 7 heteroatoms. The third kappa shape index (κ3) is 3.45. The number of rotatable bonds is 3. The fraction of sp³-hybridized carbons (Fsp3) is 0.944. The van der Waals surface area contributed by atoms with Gasteiger partial charge in [-0.15, -0.1) is 0 Å². The number of hydrogen-bond donors (Lipinski definition) is 1. The minimum atomic E-state index is -0.719. The van der Waals surface area contributed by atoms with Crippen LogP contribution in [0.25, 0.3) is 0 Å². The van der Waals surface area contributed by atoms with Crippen molar-refractivity contribution in [2.24, 2.45) is 5.92 Å². The number of nitrogens with one attached hydrogen (secondary N) is 1. The van der Waals surface area contributed by atoms with E-state index in [9.17, 15) is 4.79 Å². The highest BCUT2D eigenvalue weighted by atomic mass is 16.8. The molecule has 0 bridgehead atoms. The zero-order valence-corrected chi connectivity index (χ0v) is 15.4. The Morgan fingerprint density at radius 3 is 2.32 bits per heavy atom. The molecule has 1 N–H and O–H groups in total. The first kappa shape index (κ1) is 17.7. The van der Waals surface area contributed by atoms with Crippen LogP contribution in [-0.4, -0.2) is 54.7 Å². The van der Waals surface area contributed by atoms with Gasteiger partial charge in [-0.1, -0.05) is 12.8 Å². The first-order chi connectivity index (χ1) is 11.7. The van der Waals surface area contributed by atoms with Crippen molar-refractivity contribution in [2.45, 2.75) is 95.6 Å². The Hall–Kier alpha value is -0.730. The molecule has 1 aliphatic carbocycles. The van der Waals surface area contributed by atoms with Gasteiger partial charge in [0.2, 0.25) is 5.91 Å². The highest BCUT2D eigenvalue weighted by molar-refractivity contribution is 5.79. The van der Waals surface area contributed by atoms with E-state index in [4.69, 9.17) is 23.7 Å². The molecule has 0 radical (unpaired) electrons. The molecule has 1 amide bonds. The summed E-state index contributed by atoms with van der Waals surface area (Å²) in [6.45, 7) is 7.90. The van der Waals surface area contributed by atoms with Crippen LogP contribution in [0.15, 0.2) is 0 Å². The van der Waals surface area contributed by atoms with Gasteiger partial charge in [0.1, 0.15) is 18.3 Å². The number of amides is 1. The monoisotopic (exact) mass is 355 g/mol. The maximum atomic E-state index is 12.7. The van der Waals surface area contributed by atoms with Crippen molar-refractivity contribution in [2.75, 3.05) is 6.61 Å². The molecular formula is C18H29NO6. The van der Waals surface area contributed by atoms with Crippen LogP contribution in [0.2, 0.25) is 0 Å². The molecule has 3 aliphatic heterocycles. The first-order valence-electron chi connectivity index (χ1n) is 9.37. The summed E-state index contributed by atoms with van der Waals surface area (Å²) in [6.07, 6.45) is 2.71. The van der Waals surface area contributed by atoms with Gasteiger partial charge in [-0.3, -0.25) is 4.79 Å². The lowest BCUT2D eigenvalue weighted by molar-refractivity contribution is -0.223. The van der Waals surface area contributed by atoms with Crippen LogP contribution in [-0.2, 0) is 28.5 Å². The molecule has 7 nitrogen and oxygen atoms in total. The van der Waals surface area contributed by atoms with Crippen molar-refractivity contribution in [3.05, 3.63) is 0 Å². The predicted molar refractivity (Wildman–Crippen MR) is 87.5 cm³/mol. The van der Waals surface area contributed by atoms with Gasteiger partial charge in [-0.2, -0.15) is 0 Å². The van der Waals surface area contributed by atoms with E-state index >= 15 is 0 Å². The molecular weight excluding hydrogens is 326 g/mol. The Labute approximate surface area is 148 Å².